The van der Waals surface area contributed by atoms with Crippen LogP contribution in [-0.2, 0) is 100.0 Å². The van der Waals surface area contributed by atoms with Crippen LogP contribution in [0, 0.1) is 0 Å². The van der Waals surface area contributed by atoms with E-state index in [1.54, 1.807) is 27.7 Å². The highest BCUT2D eigenvalue weighted by atomic mass is 16.8. The number of hydrogen-bond acceptors (Lipinski definition) is 24. The number of ether oxygens (including phenoxy) is 12. The average molecular weight is 1100 g/mol. The zero-order valence-electron chi connectivity index (χ0n) is 43.1. The highest BCUT2D eigenvalue weighted by Gasteiger charge is 2.58. The third-order valence-electron chi connectivity index (χ3n) is 14.0. The van der Waals surface area contributed by atoms with E-state index >= 15 is 0 Å². The van der Waals surface area contributed by atoms with Crippen molar-refractivity contribution < 1.29 is 115 Å². The predicted octanol–water partition coefficient (Wildman–Crippen LogP) is 6.40. The third-order valence-corrected chi connectivity index (χ3v) is 14.0. The summed E-state index contributed by atoms with van der Waals surface area (Å²) < 4.78 is 66.0. The molecule has 0 aromatic rings. The summed E-state index contributed by atoms with van der Waals surface area (Å²) in [5, 5.41) is 31.7. The van der Waals surface area contributed by atoms with E-state index in [4.69, 9.17) is 56.8 Å². The van der Waals surface area contributed by atoms with Crippen molar-refractivity contribution in [2.75, 3.05) is 0 Å². The normalized spacial score (nSPS) is 24.2. The molecule has 6 heterocycles. The molecule has 4 spiro atoms. The van der Waals surface area contributed by atoms with Gasteiger partial charge in [0.05, 0.1) is 0 Å². The van der Waals surface area contributed by atoms with E-state index in [1.165, 1.54) is 72.9 Å². The highest BCUT2D eigenvalue weighted by Crippen LogP contribution is 2.48. The second kappa shape index (κ2) is 22.1. The summed E-state index contributed by atoms with van der Waals surface area (Å²) in [5.74, 6) is -20.0. The first-order valence-electron chi connectivity index (χ1n) is 25.2. The second-order valence-corrected chi connectivity index (χ2v) is 18.8. The standard InChI is InChI=1S/C55H54O24/c1-5-50(6-2)68-38(56)32(39(57)69-50)18-12-9-14-20-34-42(60)72-52(73-43(34)61)24-28-54(29-25-52)76-46(64)36(47(65)77-54)22-16-11-17-23-37-48(66)78-55(79-49(37)67)30-26-53(27-31-55)74-44(62)35(45(63)75-53)21-15-10-13-19-33-40(58)70-51(7-3,8-4)71-41(33)59/h9-23,56,62,64H,5-8,24-31H2,1-4H3/b13-10+,14-9+,17-11+,18-12+,21-15+,22-16+,34-20?,37-23?. The fourth-order valence-electron chi connectivity index (χ4n) is 9.19. The van der Waals surface area contributed by atoms with Gasteiger partial charge in [0, 0.05) is 77.0 Å². The minimum absolute atomic E-state index is 0.159. The van der Waals surface area contributed by atoms with E-state index < -0.39 is 117 Å². The zero-order valence-corrected chi connectivity index (χ0v) is 43.1. The van der Waals surface area contributed by atoms with Crippen LogP contribution in [0.4, 0.5) is 0 Å². The molecule has 3 N–H and O–H groups in total. The van der Waals surface area contributed by atoms with E-state index in [0.717, 1.165) is 18.2 Å². The van der Waals surface area contributed by atoms with Gasteiger partial charge in [0.1, 0.15) is 33.4 Å². The van der Waals surface area contributed by atoms with Crippen molar-refractivity contribution in [1.82, 2.24) is 0 Å². The summed E-state index contributed by atoms with van der Waals surface area (Å²) in [6.07, 6.45) is 18.7. The number of aliphatic hydroxyl groups excluding tert-OH is 3. The van der Waals surface area contributed by atoms with E-state index in [-0.39, 0.29) is 86.5 Å². The number of esters is 9. The molecule has 0 atom stereocenters. The molecular weight excluding hydrogens is 1040 g/mol. The maximum Gasteiger partial charge on any atom is 0.348 e. The Hall–Kier alpha value is -9.09. The van der Waals surface area contributed by atoms with Gasteiger partial charge >= 0.3 is 53.7 Å². The predicted molar refractivity (Wildman–Crippen MR) is 261 cm³/mol. The number of carbonyl (C=O) groups is 9. The van der Waals surface area contributed by atoms with Crippen molar-refractivity contribution in [2.24, 2.45) is 0 Å². The molecule has 0 bridgehead atoms. The number of cyclic esters (lactones) is 3. The van der Waals surface area contributed by atoms with Crippen molar-refractivity contribution in [3.63, 3.8) is 0 Å². The molecule has 24 nitrogen and oxygen atoms in total. The summed E-state index contributed by atoms with van der Waals surface area (Å²) in [6.45, 7) is 6.91. The molecule has 0 aromatic heterocycles. The lowest BCUT2D eigenvalue weighted by molar-refractivity contribution is -0.297. The van der Waals surface area contributed by atoms with Gasteiger partial charge in [-0.1, -0.05) is 82.4 Å². The van der Waals surface area contributed by atoms with Crippen molar-refractivity contribution in [1.29, 1.82) is 0 Å². The van der Waals surface area contributed by atoms with Crippen LogP contribution in [-0.4, -0.2) is 104 Å². The van der Waals surface area contributed by atoms with Gasteiger partial charge in [-0.2, -0.15) is 0 Å². The smallest absolute Gasteiger partial charge is 0.348 e. The number of rotatable bonds is 13. The molecule has 0 aromatic carbocycles. The first-order chi connectivity index (χ1) is 37.6. The Morgan fingerprint density at radius 3 is 0.810 bits per heavy atom. The molecule has 8 rings (SSSR count). The number of allylic oxidation sites excluding steroid dienone is 12. The van der Waals surface area contributed by atoms with Crippen LogP contribution in [0.3, 0.4) is 0 Å². The van der Waals surface area contributed by atoms with Gasteiger partial charge in [-0.15, -0.1) is 0 Å². The lowest BCUT2D eigenvalue weighted by Crippen LogP contribution is -2.54. The van der Waals surface area contributed by atoms with Crippen molar-refractivity contribution in [3.05, 3.63) is 142 Å². The fraction of sp³-hybridized carbons (Fsp3) is 0.400. The van der Waals surface area contributed by atoms with Gasteiger partial charge < -0.3 is 72.2 Å². The van der Waals surface area contributed by atoms with E-state index in [0.29, 0.717) is 12.8 Å². The van der Waals surface area contributed by atoms with Crippen molar-refractivity contribution >= 4 is 53.7 Å². The number of carbonyl (C=O) groups excluding carboxylic acids is 9. The van der Waals surface area contributed by atoms with Crippen molar-refractivity contribution in [3.8, 4) is 0 Å². The van der Waals surface area contributed by atoms with Crippen LogP contribution < -0.4 is 0 Å². The Labute approximate surface area is 449 Å². The third kappa shape index (κ3) is 11.6. The Morgan fingerprint density at radius 2 is 0.532 bits per heavy atom. The molecule has 2 aliphatic carbocycles. The Balaban J connectivity index is 0.790. The maximum absolute atomic E-state index is 13.1. The van der Waals surface area contributed by atoms with Crippen LogP contribution in [0.2, 0.25) is 0 Å². The molecule has 0 amide bonds. The number of hydrogen-bond donors (Lipinski definition) is 3. The molecule has 6 aliphatic heterocycles. The van der Waals surface area contributed by atoms with Crippen LogP contribution >= 0.6 is 0 Å². The Morgan fingerprint density at radius 1 is 0.304 bits per heavy atom. The lowest BCUT2D eigenvalue weighted by atomic mass is 9.87. The molecule has 2 saturated carbocycles. The Bertz CT molecular complexity index is 2940. The van der Waals surface area contributed by atoms with Gasteiger partial charge in [-0.05, 0) is 36.5 Å². The maximum atomic E-state index is 13.1. The molecule has 418 valence electrons. The minimum atomic E-state index is -1.73. The van der Waals surface area contributed by atoms with Crippen LogP contribution in [0.1, 0.15) is 105 Å². The van der Waals surface area contributed by atoms with Crippen LogP contribution in [0.25, 0.3) is 0 Å². The molecular formula is C55H54O24. The quantitative estimate of drug-likeness (QED) is 0.0590. The molecule has 79 heavy (non-hydrogen) atoms. The van der Waals surface area contributed by atoms with E-state index in [1.807, 2.05) is 0 Å². The first kappa shape index (κ1) is 56.1. The van der Waals surface area contributed by atoms with Gasteiger partial charge in [-0.3, -0.25) is 0 Å². The zero-order chi connectivity index (χ0) is 57.0. The first-order valence-corrected chi connectivity index (χ1v) is 25.2. The summed E-state index contributed by atoms with van der Waals surface area (Å²) in [5.41, 5.74) is -2.22. The fourth-order valence-corrected chi connectivity index (χ4v) is 9.19. The van der Waals surface area contributed by atoms with Gasteiger partial charge in [0.25, 0.3) is 52.6 Å². The van der Waals surface area contributed by atoms with Gasteiger partial charge in [0.2, 0.25) is 0 Å². The largest absolute Gasteiger partial charge is 0.480 e. The van der Waals surface area contributed by atoms with Crippen LogP contribution in [0.5, 0.6) is 0 Å². The topological polar surface area (TPSA) is 325 Å². The van der Waals surface area contributed by atoms with Crippen LogP contribution in [0.15, 0.2) is 142 Å². The van der Waals surface area contributed by atoms with Gasteiger partial charge in [-0.25, -0.2) is 43.2 Å². The lowest BCUT2D eigenvalue weighted by Gasteiger charge is -2.46. The average Bonchev–Trinajstić information content (AvgIpc) is 3.39. The molecule has 5 fully saturated rings. The number of aliphatic hydroxyl groups is 3. The van der Waals surface area contributed by atoms with E-state index in [9.17, 15) is 58.5 Å². The summed E-state index contributed by atoms with van der Waals surface area (Å²) >= 11 is 0. The van der Waals surface area contributed by atoms with Gasteiger partial charge in [0.15, 0.2) is 0 Å². The summed E-state index contributed by atoms with van der Waals surface area (Å²) in [4.78, 5) is 115. The summed E-state index contributed by atoms with van der Waals surface area (Å²) in [7, 11) is 0. The second-order valence-electron chi connectivity index (χ2n) is 18.8. The summed E-state index contributed by atoms with van der Waals surface area (Å²) in [6, 6.07) is 0. The minimum Gasteiger partial charge on any atom is -0.480 e. The Kier molecular flexibility index (Phi) is 15.7. The molecule has 24 heteroatoms. The van der Waals surface area contributed by atoms with Crippen molar-refractivity contribution in [2.45, 2.75) is 139 Å². The molecule has 0 radical (unpaired) electrons. The molecule has 8 aliphatic rings. The molecule has 3 saturated heterocycles. The SMILES string of the molecule is CCC1(CC)OC(=O)C(=C/C=C/C=C/C2=C(O)OC3(CCC4(CC3)OC(=O)C(=C/C=C/C=C/C3=C(O)OC5(CCC6(CC5)OC(=O)C(=C/C=C/C=C/C5=C(O)OC(CC)(CC)OC5=O)C(=O)O6)OC3=O)C(=O)O4)OC2=O)C(=O)O1. The molecule has 0 unspecified atom stereocenters. The monoisotopic (exact) mass is 1100 g/mol. The highest BCUT2D eigenvalue weighted by molar-refractivity contribution is 6.17. The van der Waals surface area contributed by atoms with E-state index in [2.05, 4.69) is 0 Å².